The number of ether oxygens (including phenoxy) is 1. The summed E-state index contributed by atoms with van der Waals surface area (Å²) in [5, 5.41) is 0. The zero-order valence-corrected chi connectivity index (χ0v) is 15.3. The fourth-order valence-electron chi connectivity index (χ4n) is 3.17. The van der Waals surface area contributed by atoms with Crippen molar-refractivity contribution in [3.8, 4) is 5.75 Å². The molecular weight excluding hydrogens is 371 g/mol. The molecule has 5 nitrogen and oxygen atoms in total. The van der Waals surface area contributed by atoms with Crippen LogP contribution in [0, 0.1) is 5.41 Å². The summed E-state index contributed by atoms with van der Waals surface area (Å²) in [6, 6.07) is 3.51. The van der Waals surface area contributed by atoms with Gasteiger partial charge in [0.25, 0.3) is 0 Å². The zero-order valence-electron chi connectivity index (χ0n) is 14.4. The van der Waals surface area contributed by atoms with Gasteiger partial charge in [-0.2, -0.15) is 13.2 Å². The van der Waals surface area contributed by atoms with Crippen LogP contribution in [0.5, 0.6) is 5.75 Å². The van der Waals surface area contributed by atoms with Gasteiger partial charge < -0.3 is 10.5 Å². The van der Waals surface area contributed by atoms with Crippen molar-refractivity contribution in [3.05, 3.63) is 23.8 Å². The van der Waals surface area contributed by atoms with E-state index in [4.69, 9.17) is 10.5 Å². The Labute approximate surface area is 150 Å². The molecule has 1 aliphatic rings. The van der Waals surface area contributed by atoms with Gasteiger partial charge in [-0.05, 0) is 31.0 Å². The molecular formula is C17H22F3NO4S. The predicted molar refractivity (Wildman–Crippen MR) is 89.8 cm³/mol. The smallest absolute Gasteiger partial charge is 0.397 e. The van der Waals surface area contributed by atoms with E-state index in [1.54, 1.807) is 0 Å². The molecule has 1 aromatic carbocycles. The molecule has 2 rings (SSSR count). The summed E-state index contributed by atoms with van der Waals surface area (Å²) in [6.07, 6.45) is -2.74. The number of halogens is 3. The molecule has 26 heavy (non-hydrogen) atoms. The Bertz CT molecular complexity index is 769. The maximum atomic E-state index is 13.6. The van der Waals surface area contributed by atoms with E-state index in [2.05, 4.69) is 0 Å². The summed E-state index contributed by atoms with van der Waals surface area (Å²) in [4.78, 5) is 11.1. The molecule has 1 saturated carbocycles. The third kappa shape index (κ3) is 4.13. The summed E-state index contributed by atoms with van der Waals surface area (Å²) in [5.41, 5.74) is 3.05. The number of hydrogen-bond donors (Lipinski definition) is 1. The average Bonchev–Trinajstić information content (AvgIpc) is 2.59. The predicted octanol–water partition coefficient (Wildman–Crippen LogP) is 3.47. The van der Waals surface area contributed by atoms with E-state index in [-0.39, 0.29) is 34.8 Å². The van der Waals surface area contributed by atoms with Gasteiger partial charge in [-0.3, -0.25) is 4.79 Å². The van der Waals surface area contributed by atoms with Gasteiger partial charge in [0.05, 0.1) is 21.6 Å². The summed E-state index contributed by atoms with van der Waals surface area (Å²) in [7, 11) is -3.79. The number of nitrogens with two attached hydrogens (primary N) is 1. The van der Waals surface area contributed by atoms with E-state index >= 15 is 0 Å². The molecule has 1 aliphatic carbocycles. The molecule has 0 atom stereocenters. The maximum Gasteiger partial charge on any atom is 0.397 e. The molecule has 1 amide bonds. The normalized spacial score (nSPS) is 17.7. The largest absolute Gasteiger partial charge is 0.493 e. The topological polar surface area (TPSA) is 86.5 Å². The lowest BCUT2D eigenvalue weighted by molar-refractivity contribution is -0.243. The Morgan fingerprint density at radius 3 is 2.35 bits per heavy atom. The van der Waals surface area contributed by atoms with Crippen LogP contribution in [0.3, 0.4) is 0 Å². The van der Waals surface area contributed by atoms with E-state index in [0.717, 1.165) is 12.5 Å². The second kappa shape index (κ2) is 7.46. The molecule has 1 fully saturated rings. The van der Waals surface area contributed by atoms with E-state index in [9.17, 15) is 26.4 Å². The Morgan fingerprint density at radius 2 is 1.85 bits per heavy atom. The van der Waals surface area contributed by atoms with Gasteiger partial charge in [0.1, 0.15) is 12.4 Å². The Balaban J connectivity index is 2.32. The van der Waals surface area contributed by atoms with Crippen molar-refractivity contribution in [1.82, 2.24) is 0 Å². The minimum Gasteiger partial charge on any atom is -0.493 e. The lowest BCUT2D eigenvalue weighted by atomic mass is 9.74. The van der Waals surface area contributed by atoms with Crippen LogP contribution in [0.25, 0.3) is 0 Å². The highest BCUT2D eigenvalue weighted by atomic mass is 32.2. The van der Waals surface area contributed by atoms with Crippen LogP contribution in [0.2, 0.25) is 0 Å². The first kappa shape index (κ1) is 20.5. The monoisotopic (exact) mass is 393 g/mol. The Morgan fingerprint density at radius 1 is 1.23 bits per heavy atom. The first-order valence-corrected chi connectivity index (χ1v) is 10.0. The molecule has 146 valence electrons. The number of rotatable bonds is 6. The minimum atomic E-state index is -4.40. The van der Waals surface area contributed by atoms with Crippen molar-refractivity contribution >= 4 is 15.7 Å². The van der Waals surface area contributed by atoms with Crippen molar-refractivity contribution in [1.29, 1.82) is 0 Å². The highest BCUT2D eigenvalue weighted by molar-refractivity contribution is 7.91. The third-order valence-corrected chi connectivity index (χ3v) is 6.63. The van der Waals surface area contributed by atoms with Crippen molar-refractivity contribution < 1.29 is 31.1 Å². The van der Waals surface area contributed by atoms with E-state index in [0.29, 0.717) is 12.8 Å². The number of sulfone groups is 1. The number of benzene rings is 1. The van der Waals surface area contributed by atoms with Gasteiger partial charge in [-0.25, -0.2) is 8.42 Å². The van der Waals surface area contributed by atoms with Gasteiger partial charge in [0.2, 0.25) is 5.91 Å². The van der Waals surface area contributed by atoms with Crippen LogP contribution in [-0.2, 0) is 9.84 Å². The molecule has 0 radical (unpaired) electrons. The number of alkyl halides is 3. The van der Waals surface area contributed by atoms with Crippen LogP contribution in [0.4, 0.5) is 13.2 Å². The molecule has 0 bridgehead atoms. The van der Waals surface area contributed by atoms with Crippen LogP contribution in [0.15, 0.2) is 23.1 Å². The Kier molecular flexibility index (Phi) is 5.89. The molecule has 0 spiro atoms. The van der Waals surface area contributed by atoms with Crippen molar-refractivity contribution in [3.63, 3.8) is 0 Å². The van der Waals surface area contributed by atoms with Crippen LogP contribution in [0.1, 0.15) is 49.4 Å². The number of carbonyl (C=O) groups excluding carboxylic acids is 1. The molecule has 9 heteroatoms. The van der Waals surface area contributed by atoms with Gasteiger partial charge in [0, 0.05) is 0 Å². The standard InChI is InChI=1S/C17H22F3NO4S/c1-2-26(23,24)14-10-12(6-7-13(14)15(21)22)25-11-16(17(18,19)20)8-4-3-5-9-16/h6-7,10H,2-5,8-9,11H2,1H3,(H2,21,22). The summed E-state index contributed by atoms with van der Waals surface area (Å²) in [5.74, 6) is -1.23. The number of carbonyl (C=O) groups is 1. The molecule has 0 saturated heterocycles. The average molecular weight is 393 g/mol. The van der Waals surface area contributed by atoms with E-state index < -0.39 is 33.9 Å². The van der Waals surface area contributed by atoms with Crippen LogP contribution in [-0.4, -0.2) is 32.9 Å². The minimum absolute atomic E-state index is 0.0179. The Hall–Kier alpha value is -1.77. The maximum absolute atomic E-state index is 13.6. The van der Waals surface area contributed by atoms with Crippen molar-refractivity contribution in [2.45, 2.75) is 50.1 Å². The number of hydrogen-bond acceptors (Lipinski definition) is 4. The van der Waals surface area contributed by atoms with E-state index in [1.807, 2.05) is 0 Å². The molecule has 0 unspecified atom stereocenters. The van der Waals surface area contributed by atoms with Crippen LogP contribution < -0.4 is 10.5 Å². The summed E-state index contributed by atoms with van der Waals surface area (Å²) in [6.45, 7) is 0.812. The SMILES string of the molecule is CCS(=O)(=O)c1cc(OCC2(C(F)(F)F)CCCCC2)ccc1C(N)=O. The van der Waals surface area contributed by atoms with E-state index in [1.165, 1.54) is 19.1 Å². The molecule has 1 aromatic rings. The number of amides is 1. The van der Waals surface area contributed by atoms with Gasteiger partial charge in [0.15, 0.2) is 9.84 Å². The summed E-state index contributed by atoms with van der Waals surface area (Å²) < 4.78 is 70.3. The van der Waals surface area contributed by atoms with Gasteiger partial charge in [-0.1, -0.05) is 26.2 Å². The number of primary amides is 1. The second-order valence-corrected chi connectivity index (χ2v) is 8.80. The third-order valence-electron chi connectivity index (χ3n) is 4.86. The first-order chi connectivity index (χ1) is 12.0. The zero-order chi connectivity index (χ0) is 19.6. The fraction of sp³-hybridized carbons (Fsp3) is 0.588. The van der Waals surface area contributed by atoms with Crippen molar-refractivity contribution in [2.75, 3.05) is 12.4 Å². The van der Waals surface area contributed by atoms with Crippen LogP contribution >= 0.6 is 0 Å². The van der Waals surface area contributed by atoms with Crippen molar-refractivity contribution in [2.24, 2.45) is 11.1 Å². The second-order valence-electron chi connectivity index (χ2n) is 6.55. The lowest BCUT2D eigenvalue weighted by Crippen LogP contribution is -2.44. The molecule has 2 N–H and O–H groups in total. The highest BCUT2D eigenvalue weighted by Gasteiger charge is 2.55. The highest BCUT2D eigenvalue weighted by Crippen LogP contribution is 2.49. The molecule has 0 aliphatic heterocycles. The molecule has 0 heterocycles. The fourth-order valence-corrected chi connectivity index (χ4v) is 4.28. The quantitative estimate of drug-likeness (QED) is 0.802. The molecule has 0 aromatic heterocycles. The van der Waals surface area contributed by atoms with Gasteiger partial charge >= 0.3 is 6.18 Å². The lowest BCUT2D eigenvalue weighted by Gasteiger charge is -2.38. The van der Waals surface area contributed by atoms with Gasteiger partial charge in [-0.15, -0.1) is 0 Å². The summed E-state index contributed by atoms with van der Waals surface area (Å²) >= 11 is 0. The first-order valence-electron chi connectivity index (χ1n) is 8.38.